The molecule has 1 aliphatic heterocycles. The number of aromatic nitrogens is 2. The number of piperidine rings is 1. The molecular weight excluding hydrogens is 276 g/mol. The first-order chi connectivity index (χ1) is 10.6. The predicted octanol–water partition coefficient (Wildman–Crippen LogP) is 2.37. The molecule has 1 saturated heterocycles. The first-order valence-corrected chi connectivity index (χ1v) is 8.49. The van der Waals surface area contributed by atoms with Gasteiger partial charge in [0.25, 0.3) is 0 Å². The quantitative estimate of drug-likeness (QED) is 0.931. The van der Waals surface area contributed by atoms with Crippen LogP contribution in [-0.2, 0) is 4.79 Å². The first-order valence-electron chi connectivity index (χ1n) is 8.49. The van der Waals surface area contributed by atoms with Gasteiger partial charge in [-0.3, -0.25) is 4.79 Å². The van der Waals surface area contributed by atoms with E-state index in [0.29, 0.717) is 6.04 Å². The van der Waals surface area contributed by atoms with Crippen molar-refractivity contribution in [2.45, 2.75) is 58.4 Å². The van der Waals surface area contributed by atoms with Gasteiger partial charge in [0.15, 0.2) is 0 Å². The number of nitrogens with zero attached hydrogens (tertiary/aromatic N) is 3. The lowest BCUT2D eigenvalue weighted by Crippen LogP contribution is -2.46. The van der Waals surface area contributed by atoms with Crippen molar-refractivity contribution in [3.8, 4) is 0 Å². The molecule has 1 aliphatic carbocycles. The molecule has 1 aromatic heterocycles. The molecular formula is C17H26N4O. The van der Waals surface area contributed by atoms with Gasteiger partial charge in [-0.15, -0.1) is 0 Å². The summed E-state index contributed by atoms with van der Waals surface area (Å²) in [6.07, 6.45) is 6.78. The van der Waals surface area contributed by atoms with Crippen molar-refractivity contribution in [3.63, 3.8) is 0 Å². The van der Waals surface area contributed by atoms with Crippen molar-refractivity contribution >= 4 is 11.9 Å². The third kappa shape index (κ3) is 3.57. The molecule has 0 spiro atoms. The summed E-state index contributed by atoms with van der Waals surface area (Å²) in [5.74, 6) is 1.07. The van der Waals surface area contributed by atoms with Gasteiger partial charge in [0, 0.05) is 30.5 Å². The molecule has 1 atom stereocenters. The molecule has 22 heavy (non-hydrogen) atoms. The Labute approximate surface area is 132 Å². The second-order valence-electron chi connectivity index (χ2n) is 6.73. The minimum Gasteiger partial charge on any atom is -0.353 e. The molecule has 5 heteroatoms. The fraction of sp³-hybridized carbons (Fsp3) is 0.706. The molecule has 3 rings (SSSR count). The van der Waals surface area contributed by atoms with Gasteiger partial charge in [-0.05, 0) is 45.6 Å². The summed E-state index contributed by atoms with van der Waals surface area (Å²) in [4.78, 5) is 23.7. The summed E-state index contributed by atoms with van der Waals surface area (Å²) in [5.41, 5.74) is 1.97. The topological polar surface area (TPSA) is 58.1 Å². The molecule has 2 heterocycles. The third-order valence-corrected chi connectivity index (χ3v) is 4.75. The van der Waals surface area contributed by atoms with E-state index in [0.717, 1.165) is 56.1 Å². The normalized spacial score (nSPS) is 22.8. The third-order valence-electron chi connectivity index (χ3n) is 4.75. The van der Waals surface area contributed by atoms with Crippen LogP contribution in [0, 0.1) is 19.8 Å². The van der Waals surface area contributed by atoms with E-state index >= 15 is 0 Å². The Morgan fingerprint density at radius 1 is 1.14 bits per heavy atom. The maximum atomic E-state index is 12.5. The van der Waals surface area contributed by atoms with Crippen LogP contribution in [0.25, 0.3) is 0 Å². The molecule has 1 aromatic rings. The number of hydrogen-bond donors (Lipinski definition) is 1. The molecule has 2 aliphatic rings. The second-order valence-corrected chi connectivity index (χ2v) is 6.73. The minimum absolute atomic E-state index is 0.0683. The van der Waals surface area contributed by atoms with E-state index in [2.05, 4.69) is 20.2 Å². The maximum Gasteiger partial charge on any atom is 0.225 e. The Bertz CT molecular complexity index is 519. The zero-order chi connectivity index (χ0) is 15.5. The Balaban J connectivity index is 1.64. The van der Waals surface area contributed by atoms with Crippen molar-refractivity contribution in [3.05, 3.63) is 17.5 Å². The molecule has 1 saturated carbocycles. The predicted molar refractivity (Wildman–Crippen MR) is 86.8 cm³/mol. The lowest BCUT2D eigenvalue weighted by Gasteiger charge is -2.32. The number of nitrogens with one attached hydrogen (secondary N) is 1. The van der Waals surface area contributed by atoms with Crippen LogP contribution in [0.1, 0.15) is 49.9 Å². The van der Waals surface area contributed by atoms with Gasteiger partial charge in [0.1, 0.15) is 0 Å². The van der Waals surface area contributed by atoms with Gasteiger partial charge < -0.3 is 10.2 Å². The van der Waals surface area contributed by atoms with Crippen LogP contribution in [0.15, 0.2) is 6.07 Å². The van der Waals surface area contributed by atoms with Gasteiger partial charge in [-0.1, -0.05) is 12.8 Å². The number of rotatable bonds is 3. The first kappa shape index (κ1) is 15.3. The Kier molecular flexibility index (Phi) is 4.60. The largest absolute Gasteiger partial charge is 0.353 e. The van der Waals surface area contributed by atoms with E-state index in [1.165, 1.54) is 12.8 Å². The summed E-state index contributed by atoms with van der Waals surface area (Å²) in [6.45, 7) is 5.66. The Morgan fingerprint density at radius 2 is 1.82 bits per heavy atom. The minimum atomic E-state index is 0.0683. The molecule has 0 unspecified atom stereocenters. The number of amides is 1. The number of aryl methyl sites for hydroxylation is 2. The van der Waals surface area contributed by atoms with Gasteiger partial charge in [-0.2, -0.15) is 0 Å². The van der Waals surface area contributed by atoms with Gasteiger partial charge in [-0.25, -0.2) is 9.97 Å². The summed E-state index contributed by atoms with van der Waals surface area (Å²) in [6, 6.07) is 2.39. The van der Waals surface area contributed by atoms with Gasteiger partial charge in [0.2, 0.25) is 11.9 Å². The van der Waals surface area contributed by atoms with Crippen LogP contribution in [0.3, 0.4) is 0 Å². The van der Waals surface area contributed by atoms with Crippen LogP contribution < -0.4 is 10.2 Å². The number of carbonyl (C=O) groups excluding carboxylic acids is 1. The van der Waals surface area contributed by atoms with E-state index in [1.807, 2.05) is 19.9 Å². The van der Waals surface area contributed by atoms with E-state index in [-0.39, 0.29) is 11.8 Å². The molecule has 2 fully saturated rings. The Hall–Kier alpha value is -1.65. The van der Waals surface area contributed by atoms with Crippen LogP contribution in [0.2, 0.25) is 0 Å². The average molecular weight is 302 g/mol. The zero-order valence-corrected chi connectivity index (χ0v) is 13.6. The Morgan fingerprint density at radius 3 is 2.50 bits per heavy atom. The van der Waals surface area contributed by atoms with Crippen LogP contribution >= 0.6 is 0 Å². The highest BCUT2D eigenvalue weighted by molar-refractivity contribution is 5.79. The molecule has 0 aromatic carbocycles. The highest BCUT2D eigenvalue weighted by atomic mass is 16.2. The van der Waals surface area contributed by atoms with Crippen molar-refractivity contribution in [2.75, 3.05) is 18.0 Å². The fourth-order valence-corrected chi connectivity index (χ4v) is 3.61. The summed E-state index contributed by atoms with van der Waals surface area (Å²) in [7, 11) is 0. The van der Waals surface area contributed by atoms with Crippen molar-refractivity contribution in [1.29, 1.82) is 0 Å². The molecule has 0 bridgehead atoms. The molecule has 5 nitrogen and oxygen atoms in total. The van der Waals surface area contributed by atoms with Crippen molar-refractivity contribution in [1.82, 2.24) is 15.3 Å². The number of anilines is 1. The van der Waals surface area contributed by atoms with E-state index < -0.39 is 0 Å². The van der Waals surface area contributed by atoms with Crippen LogP contribution in [-0.4, -0.2) is 35.0 Å². The highest BCUT2D eigenvalue weighted by Crippen LogP contribution is 2.23. The van der Waals surface area contributed by atoms with E-state index in [4.69, 9.17) is 0 Å². The van der Waals surface area contributed by atoms with Gasteiger partial charge in [0.05, 0.1) is 5.92 Å². The lowest BCUT2D eigenvalue weighted by atomic mass is 9.97. The lowest BCUT2D eigenvalue weighted by molar-refractivity contribution is -0.125. The highest BCUT2D eigenvalue weighted by Gasteiger charge is 2.29. The van der Waals surface area contributed by atoms with Crippen molar-refractivity contribution in [2.24, 2.45) is 5.92 Å². The standard InChI is InChI=1S/C17H26N4O/c1-12-10-13(2)19-17(18-12)21-9-5-6-14(11-21)16(22)20-15-7-3-4-8-15/h10,14-15H,3-9,11H2,1-2H3,(H,20,22)/t14-/m1/s1. The smallest absolute Gasteiger partial charge is 0.225 e. The number of hydrogen-bond acceptors (Lipinski definition) is 4. The molecule has 0 radical (unpaired) electrons. The molecule has 1 amide bonds. The maximum absolute atomic E-state index is 12.5. The summed E-state index contributed by atoms with van der Waals surface area (Å²) >= 11 is 0. The van der Waals surface area contributed by atoms with Gasteiger partial charge >= 0.3 is 0 Å². The SMILES string of the molecule is Cc1cc(C)nc(N2CCC[C@@H](C(=O)NC3CCCC3)C2)n1. The van der Waals surface area contributed by atoms with E-state index in [9.17, 15) is 4.79 Å². The van der Waals surface area contributed by atoms with Crippen LogP contribution in [0.4, 0.5) is 5.95 Å². The number of carbonyl (C=O) groups is 1. The zero-order valence-electron chi connectivity index (χ0n) is 13.6. The fourth-order valence-electron chi connectivity index (χ4n) is 3.61. The summed E-state index contributed by atoms with van der Waals surface area (Å²) in [5, 5.41) is 3.24. The van der Waals surface area contributed by atoms with E-state index in [1.54, 1.807) is 0 Å². The second kappa shape index (κ2) is 6.63. The summed E-state index contributed by atoms with van der Waals surface area (Å²) < 4.78 is 0. The molecule has 1 N–H and O–H groups in total. The average Bonchev–Trinajstić information content (AvgIpc) is 2.99. The van der Waals surface area contributed by atoms with Crippen molar-refractivity contribution < 1.29 is 4.79 Å². The monoisotopic (exact) mass is 302 g/mol. The molecule has 120 valence electrons. The van der Waals surface area contributed by atoms with Crippen LogP contribution in [0.5, 0.6) is 0 Å².